The van der Waals surface area contributed by atoms with E-state index >= 15 is 0 Å². The van der Waals surface area contributed by atoms with E-state index in [9.17, 15) is 0 Å². The minimum absolute atomic E-state index is 0. The van der Waals surface area contributed by atoms with Crippen molar-refractivity contribution in [1.82, 2.24) is 4.98 Å². The van der Waals surface area contributed by atoms with Crippen LogP contribution in [-0.4, -0.2) is 4.98 Å². The van der Waals surface area contributed by atoms with E-state index < -0.39 is 0 Å². The lowest BCUT2D eigenvalue weighted by Crippen LogP contribution is -2.06. The molecule has 1 unspecified atom stereocenters. The van der Waals surface area contributed by atoms with Crippen LogP contribution >= 0.6 is 12.4 Å². The van der Waals surface area contributed by atoms with Gasteiger partial charge in [0.2, 0.25) is 0 Å². The highest BCUT2D eigenvalue weighted by Gasteiger charge is 2.08. The number of nitrogens with two attached hydrogens (primary N) is 1. The average Bonchev–Trinajstić information content (AvgIpc) is 2.49. The Kier molecular flexibility index (Phi) is 3.07. The third-order valence-electron chi connectivity index (χ3n) is 2.16. The van der Waals surface area contributed by atoms with Crippen LogP contribution in [0.15, 0.2) is 18.3 Å². The van der Waals surface area contributed by atoms with Gasteiger partial charge in [0.25, 0.3) is 0 Å². The van der Waals surface area contributed by atoms with E-state index in [-0.39, 0.29) is 18.4 Å². The van der Waals surface area contributed by atoms with Gasteiger partial charge in [0.05, 0.1) is 5.69 Å². The first kappa shape index (κ1) is 10.2. The molecule has 0 aliphatic heterocycles. The van der Waals surface area contributed by atoms with Gasteiger partial charge in [-0.05, 0) is 24.1 Å². The predicted molar refractivity (Wildman–Crippen MR) is 56.8 cm³/mol. The molecule has 0 fully saturated rings. The summed E-state index contributed by atoms with van der Waals surface area (Å²) in [5, 5.41) is 0. The smallest absolute Gasteiger partial charge is 0.0513 e. The maximum Gasteiger partial charge on any atom is 0.0513 e. The molecular formula is C10H13ClN2. The van der Waals surface area contributed by atoms with Gasteiger partial charge in [-0.25, -0.2) is 0 Å². The Bertz CT molecular complexity index is 332. The van der Waals surface area contributed by atoms with Crippen molar-refractivity contribution in [2.45, 2.75) is 19.4 Å². The molecule has 1 atom stereocenters. The maximum atomic E-state index is 5.74. The number of nitrogens with zero attached hydrogens (tertiary/aromatic N) is 1. The normalized spacial score (nSPS) is 14.9. The summed E-state index contributed by atoms with van der Waals surface area (Å²) in [6.07, 6.45) is 7.07. The first-order chi connectivity index (χ1) is 5.77. The molecule has 0 amide bonds. The quantitative estimate of drug-likeness (QED) is 0.747. The van der Waals surface area contributed by atoms with Crippen LogP contribution in [0, 0.1) is 0 Å². The first-order valence-corrected chi connectivity index (χ1v) is 4.18. The standard InChI is InChI=1S/C10H12N2.ClH/c1-7(11)9-5-8-3-2-4-10(8)12-6-9;/h2-3,5-7H,4,11H2,1H3;1H. The van der Waals surface area contributed by atoms with Crippen LogP contribution in [-0.2, 0) is 6.42 Å². The van der Waals surface area contributed by atoms with Crippen LogP contribution < -0.4 is 5.73 Å². The molecule has 0 saturated carbocycles. The van der Waals surface area contributed by atoms with Crippen LogP contribution in [0.1, 0.15) is 29.8 Å². The van der Waals surface area contributed by atoms with Crippen molar-refractivity contribution < 1.29 is 0 Å². The lowest BCUT2D eigenvalue weighted by Gasteiger charge is -2.06. The SMILES string of the molecule is CC(N)c1cnc2c(c1)C=CC2.Cl. The highest BCUT2D eigenvalue weighted by Crippen LogP contribution is 2.20. The van der Waals surface area contributed by atoms with Crippen LogP contribution in [0.25, 0.3) is 6.08 Å². The van der Waals surface area contributed by atoms with Gasteiger partial charge in [-0.3, -0.25) is 4.98 Å². The van der Waals surface area contributed by atoms with Crippen LogP contribution in [0.3, 0.4) is 0 Å². The summed E-state index contributed by atoms with van der Waals surface area (Å²) in [5.74, 6) is 0. The molecule has 1 aromatic heterocycles. The summed E-state index contributed by atoms with van der Waals surface area (Å²) in [7, 11) is 0. The minimum Gasteiger partial charge on any atom is -0.324 e. The number of halogens is 1. The second-order valence-electron chi connectivity index (χ2n) is 3.20. The largest absolute Gasteiger partial charge is 0.324 e. The molecule has 0 radical (unpaired) electrons. The fourth-order valence-electron chi connectivity index (χ4n) is 1.39. The van der Waals surface area contributed by atoms with Gasteiger partial charge in [0, 0.05) is 18.7 Å². The van der Waals surface area contributed by atoms with Crippen molar-refractivity contribution in [2.75, 3.05) is 0 Å². The Morgan fingerprint density at radius 1 is 1.54 bits per heavy atom. The lowest BCUT2D eigenvalue weighted by molar-refractivity contribution is 0.808. The van der Waals surface area contributed by atoms with Gasteiger partial charge >= 0.3 is 0 Å². The Morgan fingerprint density at radius 3 is 3.00 bits per heavy atom. The Balaban J connectivity index is 0.000000845. The second-order valence-corrected chi connectivity index (χ2v) is 3.20. The zero-order valence-corrected chi connectivity index (χ0v) is 8.34. The monoisotopic (exact) mass is 196 g/mol. The molecule has 0 spiro atoms. The molecule has 1 aromatic rings. The van der Waals surface area contributed by atoms with Gasteiger partial charge in [0.15, 0.2) is 0 Å². The van der Waals surface area contributed by atoms with Crippen molar-refractivity contribution >= 4 is 18.5 Å². The molecule has 70 valence electrons. The number of rotatable bonds is 1. The topological polar surface area (TPSA) is 38.9 Å². The highest BCUT2D eigenvalue weighted by atomic mass is 35.5. The van der Waals surface area contributed by atoms with Gasteiger partial charge < -0.3 is 5.73 Å². The van der Waals surface area contributed by atoms with E-state index in [4.69, 9.17) is 5.73 Å². The number of hydrogen-bond donors (Lipinski definition) is 1. The number of hydrogen-bond acceptors (Lipinski definition) is 2. The summed E-state index contributed by atoms with van der Waals surface area (Å²) >= 11 is 0. The van der Waals surface area contributed by atoms with Crippen LogP contribution in [0.4, 0.5) is 0 Å². The predicted octanol–water partition coefficient (Wildman–Crippen LogP) is 2.09. The summed E-state index contributed by atoms with van der Waals surface area (Å²) in [4.78, 5) is 4.34. The van der Waals surface area contributed by atoms with Crippen molar-refractivity contribution in [3.05, 3.63) is 35.2 Å². The number of fused-ring (bicyclic) bond motifs is 1. The second kappa shape index (κ2) is 3.90. The van der Waals surface area contributed by atoms with E-state index in [0.29, 0.717) is 0 Å². The van der Waals surface area contributed by atoms with Gasteiger partial charge in [-0.15, -0.1) is 12.4 Å². The van der Waals surface area contributed by atoms with Gasteiger partial charge in [-0.2, -0.15) is 0 Å². The van der Waals surface area contributed by atoms with Crippen molar-refractivity contribution in [1.29, 1.82) is 0 Å². The zero-order valence-electron chi connectivity index (χ0n) is 7.53. The van der Waals surface area contributed by atoms with E-state index in [2.05, 4.69) is 23.2 Å². The maximum absolute atomic E-state index is 5.74. The third-order valence-corrected chi connectivity index (χ3v) is 2.16. The van der Waals surface area contributed by atoms with Gasteiger partial charge in [-0.1, -0.05) is 12.2 Å². The summed E-state index contributed by atoms with van der Waals surface area (Å²) < 4.78 is 0. The van der Waals surface area contributed by atoms with E-state index in [1.807, 2.05) is 13.1 Å². The molecule has 1 aliphatic rings. The lowest BCUT2D eigenvalue weighted by atomic mass is 10.1. The molecule has 2 nitrogen and oxygen atoms in total. The van der Waals surface area contributed by atoms with E-state index in [0.717, 1.165) is 12.0 Å². The average molecular weight is 197 g/mol. The molecular weight excluding hydrogens is 184 g/mol. The van der Waals surface area contributed by atoms with Crippen LogP contribution in [0.2, 0.25) is 0 Å². The molecule has 1 aliphatic carbocycles. The highest BCUT2D eigenvalue weighted by molar-refractivity contribution is 5.85. The van der Waals surface area contributed by atoms with Gasteiger partial charge in [0.1, 0.15) is 0 Å². The minimum atomic E-state index is 0. The molecule has 0 aromatic carbocycles. The van der Waals surface area contributed by atoms with E-state index in [1.165, 1.54) is 11.3 Å². The molecule has 0 bridgehead atoms. The molecule has 13 heavy (non-hydrogen) atoms. The first-order valence-electron chi connectivity index (χ1n) is 4.18. The molecule has 0 saturated heterocycles. The van der Waals surface area contributed by atoms with Crippen LogP contribution in [0.5, 0.6) is 0 Å². The molecule has 2 rings (SSSR count). The Morgan fingerprint density at radius 2 is 2.31 bits per heavy atom. The summed E-state index contributed by atoms with van der Waals surface area (Å²) in [6, 6.07) is 2.20. The third kappa shape index (κ3) is 1.90. The van der Waals surface area contributed by atoms with Crippen molar-refractivity contribution in [2.24, 2.45) is 5.73 Å². The number of pyridine rings is 1. The van der Waals surface area contributed by atoms with Crippen molar-refractivity contribution in [3.8, 4) is 0 Å². The summed E-state index contributed by atoms with van der Waals surface area (Å²) in [6.45, 7) is 1.97. The fraction of sp³-hybridized carbons (Fsp3) is 0.300. The Hall–Kier alpha value is -0.860. The zero-order chi connectivity index (χ0) is 8.55. The fourth-order valence-corrected chi connectivity index (χ4v) is 1.39. The Labute approximate surface area is 84.3 Å². The number of aromatic nitrogens is 1. The van der Waals surface area contributed by atoms with E-state index in [1.54, 1.807) is 0 Å². The molecule has 2 N–H and O–H groups in total. The molecule has 1 heterocycles. The number of allylic oxidation sites excluding steroid dienone is 1. The summed E-state index contributed by atoms with van der Waals surface area (Å²) in [5.41, 5.74) is 9.25. The molecule has 3 heteroatoms. The van der Waals surface area contributed by atoms with Crippen molar-refractivity contribution in [3.63, 3.8) is 0 Å².